The smallest absolute Gasteiger partial charge is 0.291 e. The van der Waals surface area contributed by atoms with Gasteiger partial charge >= 0.3 is 0 Å². The maximum absolute atomic E-state index is 12.9. The van der Waals surface area contributed by atoms with E-state index in [1.165, 1.54) is 17.5 Å². The van der Waals surface area contributed by atoms with Gasteiger partial charge in [0.2, 0.25) is 5.91 Å². The summed E-state index contributed by atoms with van der Waals surface area (Å²) >= 11 is 0. The zero-order valence-electron chi connectivity index (χ0n) is 16.3. The summed E-state index contributed by atoms with van der Waals surface area (Å²) in [6.07, 6.45) is 2.45. The van der Waals surface area contributed by atoms with Gasteiger partial charge in [0.25, 0.3) is 5.56 Å². The molecule has 0 spiro atoms. The van der Waals surface area contributed by atoms with Gasteiger partial charge in [-0.15, -0.1) is 0 Å². The Morgan fingerprint density at radius 3 is 2.79 bits per heavy atom. The first kappa shape index (κ1) is 18.5. The molecule has 28 heavy (non-hydrogen) atoms. The Morgan fingerprint density at radius 2 is 2.04 bits per heavy atom. The lowest BCUT2D eigenvalue weighted by atomic mass is 10.2. The first-order chi connectivity index (χ1) is 13.6. The van der Waals surface area contributed by atoms with Crippen molar-refractivity contribution in [2.75, 3.05) is 33.3 Å². The monoisotopic (exact) mass is 383 g/mol. The summed E-state index contributed by atoms with van der Waals surface area (Å²) in [6, 6.07) is 7.46. The van der Waals surface area contributed by atoms with Crippen LogP contribution in [-0.2, 0) is 11.3 Å². The molecule has 0 radical (unpaired) electrons. The van der Waals surface area contributed by atoms with Crippen LogP contribution in [0, 0.1) is 6.92 Å². The van der Waals surface area contributed by atoms with Gasteiger partial charge in [0.1, 0.15) is 23.6 Å². The van der Waals surface area contributed by atoms with Crippen LogP contribution >= 0.6 is 0 Å². The van der Waals surface area contributed by atoms with Crippen LogP contribution in [0.1, 0.15) is 18.7 Å². The van der Waals surface area contributed by atoms with Crippen molar-refractivity contribution >= 4 is 22.3 Å². The topological polar surface area (TPSA) is 80.9 Å². The molecule has 1 amide bonds. The molecular formula is C20H25N5O3. The van der Waals surface area contributed by atoms with Gasteiger partial charge < -0.3 is 15.0 Å². The quantitative estimate of drug-likeness (QED) is 0.691. The molecule has 0 saturated carbocycles. The number of carbonyl (C=O) groups excluding carboxylic acids is 1. The fourth-order valence-corrected chi connectivity index (χ4v) is 3.94. The minimum Gasteiger partial charge on any atom is -0.496 e. The summed E-state index contributed by atoms with van der Waals surface area (Å²) in [5, 5.41) is 8.10. The third-order valence-corrected chi connectivity index (χ3v) is 5.31. The van der Waals surface area contributed by atoms with Gasteiger partial charge in [-0.05, 0) is 51.1 Å². The van der Waals surface area contributed by atoms with Crippen LogP contribution in [0.3, 0.4) is 0 Å². The lowest BCUT2D eigenvalue weighted by Crippen LogP contribution is -2.38. The summed E-state index contributed by atoms with van der Waals surface area (Å²) < 4.78 is 8.45. The van der Waals surface area contributed by atoms with E-state index in [-0.39, 0.29) is 18.0 Å². The van der Waals surface area contributed by atoms with E-state index in [0.717, 1.165) is 30.5 Å². The summed E-state index contributed by atoms with van der Waals surface area (Å²) in [5.41, 5.74) is 1.05. The molecule has 8 nitrogen and oxygen atoms in total. The number of hydrogen-bond acceptors (Lipinski definition) is 5. The molecule has 1 saturated heterocycles. The molecule has 1 N–H and O–H groups in total. The molecule has 148 valence electrons. The SMILES string of the molecule is COc1cccc2c1cc1c(=O)n(CC(=O)NCCN3CCCC3)nc(C)n12. The van der Waals surface area contributed by atoms with Crippen LogP contribution in [0.15, 0.2) is 29.1 Å². The minimum atomic E-state index is -0.293. The highest BCUT2D eigenvalue weighted by atomic mass is 16.5. The van der Waals surface area contributed by atoms with Gasteiger partial charge in [0.15, 0.2) is 0 Å². The second-order valence-corrected chi connectivity index (χ2v) is 7.17. The molecule has 0 unspecified atom stereocenters. The Balaban J connectivity index is 1.57. The molecule has 8 heteroatoms. The van der Waals surface area contributed by atoms with E-state index in [0.29, 0.717) is 23.6 Å². The van der Waals surface area contributed by atoms with Gasteiger partial charge in [0, 0.05) is 18.5 Å². The number of aromatic nitrogens is 3. The maximum atomic E-state index is 12.9. The molecule has 1 fully saturated rings. The number of nitrogens with zero attached hydrogens (tertiary/aromatic N) is 4. The van der Waals surface area contributed by atoms with Crippen molar-refractivity contribution in [3.05, 3.63) is 40.4 Å². The summed E-state index contributed by atoms with van der Waals surface area (Å²) in [7, 11) is 1.60. The number of nitrogens with one attached hydrogen (secondary N) is 1. The lowest BCUT2D eigenvalue weighted by Gasteiger charge is -2.15. The second kappa shape index (κ2) is 7.63. The first-order valence-electron chi connectivity index (χ1n) is 9.63. The van der Waals surface area contributed by atoms with E-state index in [4.69, 9.17) is 4.74 Å². The third kappa shape index (κ3) is 3.35. The highest BCUT2D eigenvalue weighted by Gasteiger charge is 2.16. The van der Waals surface area contributed by atoms with Crippen LogP contribution in [0.4, 0.5) is 0 Å². The zero-order chi connectivity index (χ0) is 19.7. The number of carbonyl (C=O) groups is 1. The van der Waals surface area contributed by atoms with Crippen molar-refractivity contribution in [3.63, 3.8) is 0 Å². The lowest BCUT2D eigenvalue weighted by molar-refractivity contribution is -0.121. The summed E-state index contributed by atoms with van der Waals surface area (Å²) in [5.74, 6) is 1.14. The van der Waals surface area contributed by atoms with Crippen LogP contribution < -0.4 is 15.6 Å². The van der Waals surface area contributed by atoms with Crippen molar-refractivity contribution in [3.8, 4) is 5.75 Å². The van der Waals surface area contributed by atoms with E-state index in [9.17, 15) is 9.59 Å². The van der Waals surface area contributed by atoms with Gasteiger partial charge in [-0.3, -0.25) is 14.0 Å². The number of amides is 1. The van der Waals surface area contributed by atoms with Crippen LogP contribution in [-0.4, -0.2) is 58.3 Å². The summed E-state index contributed by atoms with van der Waals surface area (Å²) in [4.78, 5) is 27.6. The Morgan fingerprint density at radius 1 is 1.25 bits per heavy atom. The number of aryl methyl sites for hydroxylation is 1. The Labute approximate surface area is 162 Å². The van der Waals surface area contributed by atoms with E-state index in [1.54, 1.807) is 13.2 Å². The highest BCUT2D eigenvalue weighted by Crippen LogP contribution is 2.28. The molecule has 3 heterocycles. The van der Waals surface area contributed by atoms with Crippen LogP contribution in [0.25, 0.3) is 16.4 Å². The van der Waals surface area contributed by atoms with Crippen LogP contribution in [0.5, 0.6) is 5.75 Å². The number of hydrogen-bond donors (Lipinski definition) is 1. The van der Waals surface area contributed by atoms with Crippen molar-refractivity contribution in [2.24, 2.45) is 0 Å². The fourth-order valence-electron chi connectivity index (χ4n) is 3.94. The van der Waals surface area contributed by atoms with E-state index in [1.807, 2.05) is 29.5 Å². The molecule has 3 aromatic rings. The molecule has 1 aliphatic heterocycles. The predicted molar refractivity (Wildman–Crippen MR) is 107 cm³/mol. The number of fused-ring (bicyclic) bond motifs is 3. The average molecular weight is 383 g/mol. The normalized spacial score (nSPS) is 14.8. The van der Waals surface area contributed by atoms with E-state index >= 15 is 0 Å². The largest absolute Gasteiger partial charge is 0.496 e. The zero-order valence-corrected chi connectivity index (χ0v) is 16.3. The third-order valence-electron chi connectivity index (χ3n) is 5.31. The standard InChI is InChI=1S/C20H25N5O3/c1-14-22-24(13-19(26)21-8-11-23-9-3-4-10-23)20(27)17-12-15-16(25(14)17)6-5-7-18(15)28-2/h5-7,12H,3-4,8-11,13H2,1-2H3,(H,21,26). The van der Waals surface area contributed by atoms with Crippen molar-refractivity contribution in [1.82, 2.24) is 24.4 Å². The summed E-state index contributed by atoms with van der Waals surface area (Å²) in [6.45, 7) is 5.36. The average Bonchev–Trinajstić information content (AvgIpc) is 3.33. The molecule has 1 aliphatic rings. The molecule has 2 aromatic heterocycles. The van der Waals surface area contributed by atoms with Crippen LogP contribution in [0.2, 0.25) is 0 Å². The van der Waals surface area contributed by atoms with Crippen molar-refractivity contribution in [2.45, 2.75) is 26.3 Å². The van der Waals surface area contributed by atoms with Gasteiger partial charge in [-0.1, -0.05) is 6.07 Å². The number of methoxy groups -OCH3 is 1. The molecule has 0 atom stereocenters. The van der Waals surface area contributed by atoms with Gasteiger partial charge in [-0.2, -0.15) is 5.10 Å². The number of likely N-dealkylation sites (tertiary alicyclic amines) is 1. The first-order valence-corrected chi connectivity index (χ1v) is 9.63. The Bertz CT molecular complexity index is 1080. The highest BCUT2D eigenvalue weighted by molar-refractivity contribution is 5.92. The number of benzene rings is 1. The maximum Gasteiger partial charge on any atom is 0.291 e. The van der Waals surface area contributed by atoms with Crippen molar-refractivity contribution in [1.29, 1.82) is 0 Å². The minimum absolute atomic E-state index is 0.0885. The number of rotatable bonds is 6. The molecule has 0 bridgehead atoms. The van der Waals surface area contributed by atoms with E-state index in [2.05, 4.69) is 15.3 Å². The Hall–Kier alpha value is -2.87. The predicted octanol–water partition coefficient (Wildman–Crippen LogP) is 1.18. The van der Waals surface area contributed by atoms with Gasteiger partial charge in [0.05, 0.1) is 12.6 Å². The molecule has 4 rings (SSSR count). The Kier molecular flexibility index (Phi) is 5.04. The second-order valence-electron chi connectivity index (χ2n) is 7.17. The van der Waals surface area contributed by atoms with Gasteiger partial charge in [-0.25, -0.2) is 4.68 Å². The van der Waals surface area contributed by atoms with E-state index < -0.39 is 0 Å². The molecule has 1 aromatic carbocycles. The molecular weight excluding hydrogens is 358 g/mol. The molecule has 0 aliphatic carbocycles. The fraction of sp³-hybridized carbons (Fsp3) is 0.450. The number of ether oxygens (including phenoxy) is 1. The van der Waals surface area contributed by atoms with Crippen molar-refractivity contribution < 1.29 is 9.53 Å².